The Hall–Kier alpha value is -2.49. The highest BCUT2D eigenvalue weighted by Crippen LogP contribution is 2.46. The van der Waals surface area contributed by atoms with Crippen molar-refractivity contribution in [1.29, 1.82) is 0 Å². The minimum absolute atomic E-state index is 0.0898. The zero-order valence-electron chi connectivity index (χ0n) is 19.4. The van der Waals surface area contributed by atoms with Gasteiger partial charge in [0.25, 0.3) is 0 Å². The summed E-state index contributed by atoms with van der Waals surface area (Å²) in [6, 6.07) is 5.13. The first-order valence-electron chi connectivity index (χ1n) is 12.2. The first-order chi connectivity index (χ1) is 16.8. The predicted molar refractivity (Wildman–Crippen MR) is 125 cm³/mol. The van der Waals surface area contributed by atoms with Crippen LogP contribution in [0.5, 0.6) is 0 Å². The molecule has 0 spiro atoms. The summed E-state index contributed by atoms with van der Waals surface area (Å²) in [5, 5.41) is 5.97. The van der Waals surface area contributed by atoms with Crippen molar-refractivity contribution in [3.63, 3.8) is 0 Å². The molecule has 186 valence electrons. The highest BCUT2D eigenvalue weighted by molar-refractivity contribution is 7.10. The maximum atomic E-state index is 13.7. The smallest absolute Gasteiger partial charge is 0.362 e. The predicted octanol–water partition coefficient (Wildman–Crippen LogP) is 5.83. The van der Waals surface area contributed by atoms with Gasteiger partial charge in [-0.2, -0.15) is 22.6 Å². The Morgan fingerprint density at radius 1 is 1.09 bits per heavy atom. The summed E-state index contributed by atoms with van der Waals surface area (Å²) >= 11 is 1.56. The van der Waals surface area contributed by atoms with Gasteiger partial charge in [0.1, 0.15) is 16.6 Å². The summed E-state index contributed by atoms with van der Waals surface area (Å²) in [6.45, 7) is 4.68. The highest BCUT2D eigenvalue weighted by atomic mass is 32.1. The maximum Gasteiger partial charge on any atom is 0.416 e. The monoisotopic (exact) mass is 505 g/mol. The van der Waals surface area contributed by atoms with Gasteiger partial charge in [0.15, 0.2) is 5.82 Å². The molecular formula is C25H27F4N5S. The standard InChI is InChI=1S/C25H27F4N5S/c1-14-9-23(35-32-14)33-12-15-4-5-16(13-33)20(15)11-22-30-24-19(3-2-8-34(24)31-22)18-7-6-17(26)10-21(18)25(27,28)29/h6-7,9-10,15-16,19-20H,2-5,8,11-13H2,1H3/t15-,16+,19?,20?. The molecule has 1 saturated heterocycles. The number of aromatic nitrogens is 4. The summed E-state index contributed by atoms with van der Waals surface area (Å²) in [7, 11) is 0. The molecular weight excluding hydrogens is 478 g/mol. The average molecular weight is 506 g/mol. The van der Waals surface area contributed by atoms with Gasteiger partial charge in [-0.3, -0.25) is 0 Å². The largest absolute Gasteiger partial charge is 0.416 e. The van der Waals surface area contributed by atoms with Crippen LogP contribution in [0.25, 0.3) is 0 Å². The van der Waals surface area contributed by atoms with Crippen molar-refractivity contribution < 1.29 is 17.6 Å². The number of nitrogens with zero attached hydrogens (tertiary/aromatic N) is 5. The molecule has 5 nitrogen and oxygen atoms in total. The fourth-order valence-electron chi connectivity index (χ4n) is 6.42. The van der Waals surface area contributed by atoms with E-state index in [4.69, 9.17) is 10.1 Å². The second-order valence-corrected chi connectivity index (χ2v) is 11.0. The fraction of sp³-hybridized carbons (Fsp3) is 0.560. The third-order valence-electron chi connectivity index (χ3n) is 7.99. The van der Waals surface area contributed by atoms with Crippen LogP contribution in [0, 0.1) is 30.5 Å². The van der Waals surface area contributed by atoms with Crippen molar-refractivity contribution in [1.82, 2.24) is 19.1 Å². The normalized spacial score (nSPS) is 26.3. The van der Waals surface area contributed by atoms with Crippen LogP contribution in [0.3, 0.4) is 0 Å². The summed E-state index contributed by atoms with van der Waals surface area (Å²) in [4.78, 5) is 7.25. The second-order valence-electron chi connectivity index (χ2n) is 10.2. The van der Waals surface area contributed by atoms with Crippen molar-refractivity contribution in [2.24, 2.45) is 17.8 Å². The third-order valence-corrected chi connectivity index (χ3v) is 8.93. The van der Waals surface area contributed by atoms with Crippen LogP contribution in [0.15, 0.2) is 24.3 Å². The van der Waals surface area contributed by atoms with Crippen molar-refractivity contribution in [3.8, 4) is 0 Å². The molecule has 1 aliphatic carbocycles. The van der Waals surface area contributed by atoms with E-state index in [0.29, 0.717) is 49.0 Å². The molecule has 2 fully saturated rings. The van der Waals surface area contributed by atoms with E-state index in [2.05, 4.69) is 15.3 Å². The molecule has 2 aromatic heterocycles. The Morgan fingerprint density at radius 3 is 2.54 bits per heavy atom. The van der Waals surface area contributed by atoms with Gasteiger partial charge in [-0.15, -0.1) is 0 Å². The van der Waals surface area contributed by atoms with Crippen molar-refractivity contribution in [2.75, 3.05) is 18.0 Å². The van der Waals surface area contributed by atoms with Crippen LogP contribution >= 0.6 is 11.5 Å². The Balaban J connectivity index is 1.24. The number of hydrogen-bond donors (Lipinski definition) is 0. The molecule has 10 heteroatoms. The van der Waals surface area contributed by atoms with Crippen LogP contribution in [0.1, 0.15) is 60.1 Å². The Labute approximate surface area is 205 Å². The van der Waals surface area contributed by atoms with Crippen LogP contribution in [0.4, 0.5) is 22.6 Å². The lowest BCUT2D eigenvalue weighted by Crippen LogP contribution is -2.42. The van der Waals surface area contributed by atoms with Crippen molar-refractivity contribution in [3.05, 3.63) is 58.6 Å². The Bertz CT molecular complexity index is 1220. The van der Waals surface area contributed by atoms with E-state index in [-0.39, 0.29) is 5.56 Å². The van der Waals surface area contributed by atoms with E-state index in [9.17, 15) is 17.6 Å². The van der Waals surface area contributed by atoms with Gasteiger partial charge in [0.2, 0.25) is 0 Å². The van der Waals surface area contributed by atoms with Gasteiger partial charge in [-0.05, 0) is 85.7 Å². The first kappa shape index (κ1) is 22.9. The number of rotatable bonds is 4. The lowest BCUT2D eigenvalue weighted by Gasteiger charge is -2.38. The first-order valence-corrected chi connectivity index (χ1v) is 13.0. The van der Waals surface area contributed by atoms with Gasteiger partial charge in [-0.25, -0.2) is 14.1 Å². The molecule has 0 radical (unpaired) electrons. The Morgan fingerprint density at radius 2 is 1.86 bits per heavy atom. The highest BCUT2D eigenvalue weighted by Gasteiger charge is 2.43. The number of anilines is 1. The molecule has 6 rings (SSSR count). The number of fused-ring (bicyclic) bond motifs is 3. The zero-order valence-corrected chi connectivity index (χ0v) is 20.2. The number of piperidine rings is 1. The van der Waals surface area contributed by atoms with E-state index >= 15 is 0 Å². The fourth-order valence-corrected chi connectivity index (χ4v) is 7.19. The Kier molecular flexibility index (Phi) is 5.62. The topological polar surface area (TPSA) is 46.8 Å². The molecule has 3 aliphatic rings. The molecule has 35 heavy (non-hydrogen) atoms. The molecule has 4 atom stereocenters. The van der Waals surface area contributed by atoms with E-state index in [0.717, 1.165) is 37.1 Å². The molecule has 3 aromatic rings. The van der Waals surface area contributed by atoms with Crippen LogP contribution in [-0.2, 0) is 19.1 Å². The van der Waals surface area contributed by atoms with Crippen molar-refractivity contribution >= 4 is 16.5 Å². The van der Waals surface area contributed by atoms with Gasteiger partial charge >= 0.3 is 6.18 Å². The maximum absolute atomic E-state index is 13.7. The molecule has 0 N–H and O–H groups in total. The molecule has 2 unspecified atom stereocenters. The van der Waals surface area contributed by atoms with E-state index < -0.39 is 23.5 Å². The van der Waals surface area contributed by atoms with Gasteiger partial charge < -0.3 is 4.90 Å². The quantitative estimate of drug-likeness (QED) is 0.419. The van der Waals surface area contributed by atoms with Crippen LogP contribution < -0.4 is 4.90 Å². The van der Waals surface area contributed by atoms with E-state index in [1.54, 1.807) is 16.2 Å². The van der Waals surface area contributed by atoms with E-state index in [1.807, 2.05) is 6.92 Å². The zero-order chi connectivity index (χ0) is 24.3. The number of hydrogen-bond acceptors (Lipinski definition) is 5. The number of halogens is 4. The molecule has 2 bridgehead atoms. The SMILES string of the molecule is Cc1cc(N2C[C@H]3CC[C@@H](C2)C3Cc2nc3n(n2)CCCC3c2ccc(F)cc2C(F)(F)F)sn1. The molecule has 1 aromatic carbocycles. The number of benzene rings is 1. The number of aryl methyl sites for hydroxylation is 2. The van der Waals surface area contributed by atoms with Gasteiger partial charge in [0, 0.05) is 32.0 Å². The molecule has 4 heterocycles. The van der Waals surface area contributed by atoms with Gasteiger partial charge in [-0.1, -0.05) is 6.07 Å². The summed E-state index contributed by atoms with van der Waals surface area (Å²) < 4.78 is 61.0. The lowest BCUT2D eigenvalue weighted by molar-refractivity contribution is -0.138. The number of alkyl halides is 3. The molecule has 1 saturated carbocycles. The van der Waals surface area contributed by atoms with Crippen LogP contribution in [-0.4, -0.2) is 32.2 Å². The molecule has 0 amide bonds. The van der Waals surface area contributed by atoms with Gasteiger partial charge in [0.05, 0.1) is 11.3 Å². The molecule has 2 aliphatic heterocycles. The summed E-state index contributed by atoms with van der Waals surface area (Å²) in [5.74, 6) is 1.49. The third kappa shape index (κ3) is 4.23. The summed E-state index contributed by atoms with van der Waals surface area (Å²) in [6.07, 6.45) is -0.230. The summed E-state index contributed by atoms with van der Waals surface area (Å²) in [5.41, 5.74) is 0.230. The van der Waals surface area contributed by atoms with Crippen LogP contribution in [0.2, 0.25) is 0 Å². The second kappa shape index (κ2) is 8.57. The average Bonchev–Trinajstić information content (AvgIpc) is 3.48. The lowest BCUT2D eigenvalue weighted by atomic mass is 9.82. The minimum Gasteiger partial charge on any atom is -0.362 e. The minimum atomic E-state index is -4.62. The van der Waals surface area contributed by atoms with E-state index in [1.165, 1.54) is 23.9 Å². The van der Waals surface area contributed by atoms with Crippen molar-refractivity contribution in [2.45, 2.75) is 57.7 Å².